The molecule has 6 nitrogen and oxygen atoms in total. The van der Waals surface area contributed by atoms with E-state index in [1.54, 1.807) is 7.05 Å². The standard InChI is InChI=1S/C20H34N4O2S.HI/c1-21-20(22-9-14-27-3)23-16-17-5-4-6-19(15-17)26-13-10-24(2)18-7-11-25-12-8-18;/h4-6,15,18H,7-14,16H2,1-3H3,(H2,21,22,23);1H. The molecule has 1 aliphatic heterocycles. The fraction of sp³-hybridized carbons (Fsp3) is 0.650. The minimum Gasteiger partial charge on any atom is -0.492 e. The quantitative estimate of drug-likeness (QED) is 0.213. The van der Waals surface area contributed by atoms with Gasteiger partial charge in [0.25, 0.3) is 0 Å². The van der Waals surface area contributed by atoms with Crippen molar-refractivity contribution in [1.82, 2.24) is 15.5 Å². The first-order valence-corrected chi connectivity index (χ1v) is 11.1. The first kappa shape index (κ1) is 25.3. The third-order valence-electron chi connectivity index (χ3n) is 4.71. The Bertz CT molecular complexity index is 571. The number of nitrogens with one attached hydrogen (secondary N) is 2. The summed E-state index contributed by atoms with van der Waals surface area (Å²) < 4.78 is 11.4. The van der Waals surface area contributed by atoms with E-state index in [0.29, 0.717) is 12.6 Å². The largest absolute Gasteiger partial charge is 0.492 e. The molecule has 0 saturated carbocycles. The van der Waals surface area contributed by atoms with E-state index in [1.165, 1.54) is 5.56 Å². The second kappa shape index (κ2) is 15.2. The molecule has 0 unspecified atom stereocenters. The summed E-state index contributed by atoms with van der Waals surface area (Å²) in [5, 5.41) is 6.65. The third-order valence-corrected chi connectivity index (χ3v) is 5.32. The minimum absolute atomic E-state index is 0. The van der Waals surface area contributed by atoms with Gasteiger partial charge in [-0.15, -0.1) is 24.0 Å². The van der Waals surface area contributed by atoms with Crippen LogP contribution in [0.4, 0.5) is 0 Å². The Hall–Kier alpha value is -0.710. The first-order valence-electron chi connectivity index (χ1n) is 9.66. The van der Waals surface area contributed by atoms with Crippen LogP contribution in [-0.4, -0.2) is 75.9 Å². The van der Waals surface area contributed by atoms with Crippen LogP contribution in [0.2, 0.25) is 0 Å². The van der Waals surface area contributed by atoms with Crippen molar-refractivity contribution in [2.45, 2.75) is 25.4 Å². The number of ether oxygens (including phenoxy) is 2. The highest BCUT2D eigenvalue weighted by Gasteiger charge is 2.17. The van der Waals surface area contributed by atoms with Gasteiger partial charge in [0.15, 0.2) is 5.96 Å². The summed E-state index contributed by atoms with van der Waals surface area (Å²) in [6, 6.07) is 8.87. The Morgan fingerprint density at radius 2 is 2.11 bits per heavy atom. The van der Waals surface area contributed by atoms with Gasteiger partial charge in [-0.2, -0.15) is 11.8 Å². The van der Waals surface area contributed by atoms with Crippen LogP contribution in [0.25, 0.3) is 0 Å². The van der Waals surface area contributed by atoms with Gasteiger partial charge >= 0.3 is 0 Å². The van der Waals surface area contributed by atoms with Crippen molar-refractivity contribution in [3.05, 3.63) is 29.8 Å². The van der Waals surface area contributed by atoms with E-state index < -0.39 is 0 Å². The number of rotatable bonds is 10. The Morgan fingerprint density at radius 1 is 1.32 bits per heavy atom. The molecular formula is C20H35IN4O2S. The van der Waals surface area contributed by atoms with Crippen molar-refractivity contribution in [3.63, 3.8) is 0 Å². The van der Waals surface area contributed by atoms with Gasteiger partial charge in [0, 0.05) is 51.7 Å². The molecule has 1 heterocycles. The van der Waals surface area contributed by atoms with Crippen molar-refractivity contribution >= 4 is 41.7 Å². The molecular weight excluding hydrogens is 487 g/mol. The van der Waals surface area contributed by atoms with Crippen LogP contribution in [0.15, 0.2) is 29.3 Å². The SMILES string of the molecule is CN=C(NCCSC)NCc1cccc(OCCN(C)C2CCOCC2)c1.I. The van der Waals surface area contributed by atoms with E-state index in [4.69, 9.17) is 9.47 Å². The topological polar surface area (TPSA) is 58.1 Å². The van der Waals surface area contributed by atoms with Crippen LogP contribution in [0.3, 0.4) is 0 Å². The third kappa shape index (κ3) is 9.67. The van der Waals surface area contributed by atoms with Crippen LogP contribution in [0, 0.1) is 0 Å². The molecule has 1 aromatic carbocycles. The lowest BCUT2D eigenvalue weighted by molar-refractivity contribution is 0.0392. The second-order valence-corrected chi connectivity index (χ2v) is 7.65. The number of hydrogen-bond acceptors (Lipinski definition) is 5. The monoisotopic (exact) mass is 522 g/mol. The van der Waals surface area contributed by atoms with Crippen LogP contribution >= 0.6 is 35.7 Å². The molecule has 0 aliphatic carbocycles. The number of nitrogens with zero attached hydrogens (tertiary/aromatic N) is 2. The van der Waals surface area contributed by atoms with Gasteiger partial charge in [-0.3, -0.25) is 9.89 Å². The summed E-state index contributed by atoms with van der Waals surface area (Å²) >= 11 is 1.82. The maximum Gasteiger partial charge on any atom is 0.191 e. The molecule has 0 amide bonds. The van der Waals surface area contributed by atoms with Crippen molar-refractivity contribution < 1.29 is 9.47 Å². The highest BCUT2D eigenvalue weighted by Crippen LogP contribution is 2.15. The molecule has 160 valence electrons. The van der Waals surface area contributed by atoms with Gasteiger partial charge in [0.2, 0.25) is 0 Å². The Labute approximate surface area is 191 Å². The molecule has 1 aromatic rings. The summed E-state index contributed by atoms with van der Waals surface area (Å²) in [5.74, 6) is 2.81. The van der Waals surface area contributed by atoms with Gasteiger partial charge in [-0.25, -0.2) is 0 Å². The molecule has 8 heteroatoms. The van der Waals surface area contributed by atoms with Gasteiger partial charge < -0.3 is 20.1 Å². The van der Waals surface area contributed by atoms with Crippen LogP contribution in [-0.2, 0) is 11.3 Å². The Balaban J connectivity index is 0.00000392. The highest BCUT2D eigenvalue weighted by molar-refractivity contribution is 14.0. The molecule has 0 aromatic heterocycles. The molecule has 2 rings (SSSR count). The molecule has 0 radical (unpaired) electrons. The van der Waals surface area contributed by atoms with Crippen LogP contribution in [0.1, 0.15) is 18.4 Å². The van der Waals surface area contributed by atoms with E-state index in [1.807, 2.05) is 23.9 Å². The summed E-state index contributed by atoms with van der Waals surface area (Å²) in [6.45, 7) is 5.00. The van der Waals surface area contributed by atoms with E-state index in [9.17, 15) is 0 Å². The summed E-state index contributed by atoms with van der Waals surface area (Å²) in [4.78, 5) is 6.64. The van der Waals surface area contributed by atoms with Crippen molar-refractivity contribution in [2.75, 3.05) is 59.0 Å². The van der Waals surface area contributed by atoms with Crippen LogP contribution < -0.4 is 15.4 Å². The molecule has 0 bridgehead atoms. The molecule has 0 atom stereocenters. The van der Waals surface area contributed by atoms with Crippen molar-refractivity contribution in [2.24, 2.45) is 4.99 Å². The normalized spacial score (nSPS) is 15.2. The summed E-state index contributed by atoms with van der Waals surface area (Å²) in [5.41, 5.74) is 1.18. The summed E-state index contributed by atoms with van der Waals surface area (Å²) in [7, 11) is 3.97. The number of hydrogen-bond donors (Lipinski definition) is 2. The van der Waals surface area contributed by atoms with E-state index >= 15 is 0 Å². The smallest absolute Gasteiger partial charge is 0.191 e. The Morgan fingerprint density at radius 3 is 2.82 bits per heavy atom. The minimum atomic E-state index is 0. The van der Waals surface area contributed by atoms with E-state index in [0.717, 1.165) is 63.2 Å². The maximum atomic E-state index is 5.97. The van der Waals surface area contributed by atoms with Gasteiger partial charge in [-0.1, -0.05) is 12.1 Å². The maximum absolute atomic E-state index is 5.97. The predicted octanol–water partition coefficient (Wildman–Crippen LogP) is 2.82. The van der Waals surface area contributed by atoms with Crippen molar-refractivity contribution in [3.8, 4) is 5.75 Å². The number of likely N-dealkylation sites (N-methyl/N-ethyl adjacent to an activating group) is 1. The van der Waals surface area contributed by atoms with Gasteiger partial charge in [-0.05, 0) is 43.8 Å². The van der Waals surface area contributed by atoms with Gasteiger partial charge in [0.1, 0.15) is 12.4 Å². The molecule has 0 spiro atoms. The van der Waals surface area contributed by atoms with E-state index in [2.05, 4.69) is 46.0 Å². The zero-order valence-corrected chi connectivity index (χ0v) is 20.4. The predicted molar refractivity (Wildman–Crippen MR) is 130 cm³/mol. The lowest BCUT2D eigenvalue weighted by Crippen LogP contribution is -2.38. The molecule has 1 fully saturated rings. The van der Waals surface area contributed by atoms with Crippen LogP contribution in [0.5, 0.6) is 5.75 Å². The lowest BCUT2D eigenvalue weighted by Gasteiger charge is -2.31. The number of thioether (sulfide) groups is 1. The number of guanidine groups is 1. The second-order valence-electron chi connectivity index (χ2n) is 6.67. The number of halogens is 1. The zero-order valence-electron chi connectivity index (χ0n) is 17.3. The number of benzene rings is 1. The number of aliphatic imine (C=N–C) groups is 1. The van der Waals surface area contributed by atoms with E-state index in [-0.39, 0.29) is 24.0 Å². The molecule has 28 heavy (non-hydrogen) atoms. The molecule has 1 aliphatic rings. The zero-order chi connectivity index (χ0) is 19.3. The summed E-state index contributed by atoms with van der Waals surface area (Å²) in [6.07, 6.45) is 4.33. The first-order chi connectivity index (χ1) is 13.2. The lowest BCUT2D eigenvalue weighted by atomic mass is 10.1. The average molecular weight is 522 g/mol. The van der Waals surface area contributed by atoms with Gasteiger partial charge in [0.05, 0.1) is 0 Å². The fourth-order valence-electron chi connectivity index (χ4n) is 3.04. The molecule has 2 N–H and O–H groups in total. The Kier molecular flexibility index (Phi) is 13.7. The van der Waals surface area contributed by atoms with Crippen molar-refractivity contribution in [1.29, 1.82) is 0 Å². The molecule has 1 saturated heterocycles. The average Bonchev–Trinajstić information content (AvgIpc) is 2.71. The fourth-order valence-corrected chi connectivity index (χ4v) is 3.35. The highest BCUT2D eigenvalue weighted by atomic mass is 127.